The molecule has 0 saturated carbocycles. The summed E-state index contributed by atoms with van der Waals surface area (Å²) in [7, 11) is 1.92. The van der Waals surface area contributed by atoms with Crippen LogP contribution < -0.4 is 0 Å². The third kappa shape index (κ3) is 2.32. The molecule has 0 radical (unpaired) electrons. The molecule has 0 aliphatic heterocycles. The SMILES string of the molecule is Cn1c(/N=C/c2cc(Br)ccc2O)nc2ccccc21. The number of aliphatic imine (C=N–C) groups is 1. The minimum Gasteiger partial charge on any atom is -0.507 e. The number of para-hydroxylation sites is 2. The van der Waals surface area contributed by atoms with Gasteiger partial charge in [-0.05, 0) is 30.3 Å². The maximum Gasteiger partial charge on any atom is 0.230 e. The van der Waals surface area contributed by atoms with Crippen molar-refractivity contribution in [1.29, 1.82) is 0 Å². The lowest BCUT2D eigenvalue weighted by molar-refractivity contribution is 0.474. The molecule has 2 aromatic carbocycles. The molecule has 0 saturated heterocycles. The lowest BCUT2D eigenvalue weighted by Gasteiger charge is -1.99. The summed E-state index contributed by atoms with van der Waals surface area (Å²) >= 11 is 3.37. The van der Waals surface area contributed by atoms with E-state index in [1.807, 2.05) is 41.9 Å². The molecule has 0 aliphatic carbocycles. The summed E-state index contributed by atoms with van der Waals surface area (Å²) in [6.07, 6.45) is 1.61. The zero-order valence-electron chi connectivity index (χ0n) is 10.8. The number of phenols is 1. The number of halogens is 1. The van der Waals surface area contributed by atoms with Crippen LogP contribution in [-0.2, 0) is 7.05 Å². The van der Waals surface area contributed by atoms with E-state index in [9.17, 15) is 5.11 Å². The van der Waals surface area contributed by atoms with Gasteiger partial charge < -0.3 is 9.67 Å². The van der Waals surface area contributed by atoms with Gasteiger partial charge in [-0.3, -0.25) is 0 Å². The molecule has 0 unspecified atom stereocenters. The molecule has 0 spiro atoms. The molecule has 3 rings (SSSR count). The number of aromatic hydroxyl groups is 1. The van der Waals surface area contributed by atoms with Gasteiger partial charge in [0, 0.05) is 23.3 Å². The molecule has 0 fully saturated rings. The first-order chi connectivity index (χ1) is 9.65. The number of aromatic nitrogens is 2. The van der Waals surface area contributed by atoms with Crippen LogP contribution in [0.3, 0.4) is 0 Å². The maximum absolute atomic E-state index is 9.78. The van der Waals surface area contributed by atoms with Crippen LogP contribution in [0.1, 0.15) is 5.56 Å². The van der Waals surface area contributed by atoms with Crippen molar-refractivity contribution in [2.75, 3.05) is 0 Å². The van der Waals surface area contributed by atoms with Gasteiger partial charge in [-0.25, -0.2) is 9.98 Å². The molecule has 5 heteroatoms. The van der Waals surface area contributed by atoms with Crippen LogP contribution in [0, 0.1) is 0 Å². The van der Waals surface area contributed by atoms with E-state index in [4.69, 9.17) is 0 Å². The highest BCUT2D eigenvalue weighted by atomic mass is 79.9. The summed E-state index contributed by atoms with van der Waals surface area (Å²) < 4.78 is 2.81. The van der Waals surface area contributed by atoms with Crippen LogP contribution in [0.25, 0.3) is 11.0 Å². The minimum absolute atomic E-state index is 0.190. The fourth-order valence-electron chi connectivity index (χ4n) is 2.00. The van der Waals surface area contributed by atoms with Crippen molar-refractivity contribution < 1.29 is 5.11 Å². The highest BCUT2D eigenvalue weighted by Gasteiger charge is 2.05. The molecule has 0 amide bonds. The van der Waals surface area contributed by atoms with Gasteiger partial charge in [-0.2, -0.15) is 0 Å². The Labute approximate surface area is 124 Å². The van der Waals surface area contributed by atoms with Gasteiger partial charge in [0.05, 0.1) is 11.0 Å². The molecule has 20 heavy (non-hydrogen) atoms. The molecule has 1 heterocycles. The van der Waals surface area contributed by atoms with Crippen LogP contribution in [0.5, 0.6) is 5.75 Å². The standard InChI is InChI=1S/C15H12BrN3O/c1-19-13-5-3-2-4-12(13)18-15(19)17-9-10-8-11(16)6-7-14(10)20/h2-9,20H,1H3/b17-9+. The number of hydrogen-bond acceptors (Lipinski definition) is 3. The first-order valence-corrected chi connectivity index (χ1v) is 6.88. The predicted molar refractivity (Wildman–Crippen MR) is 83.8 cm³/mol. The number of rotatable bonds is 2. The van der Waals surface area contributed by atoms with Gasteiger partial charge in [-0.1, -0.05) is 28.1 Å². The van der Waals surface area contributed by atoms with E-state index in [0.29, 0.717) is 11.5 Å². The lowest BCUT2D eigenvalue weighted by atomic mass is 10.2. The van der Waals surface area contributed by atoms with Gasteiger partial charge in [0.25, 0.3) is 0 Å². The van der Waals surface area contributed by atoms with Crippen LogP contribution >= 0.6 is 15.9 Å². The number of phenolic OH excluding ortho intramolecular Hbond substituents is 1. The third-order valence-corrected chi connectivity index (χ3v) is 3.57. The van der Waals surface area contributed by atoms with Gasteiger partial charge in [-0.15, -0.1) is 0 Å². The Morgan fingerprint density at radius 2 is 2.05 bits per heavy atom. The molecule has 1 aromatic heterocycles. The second-order valence-electron chi connectivity index (χ2n) is 4.42. The number of aryl methyl sites for hydroxylation is 1. The van der Waals surface area contributed by atoms with Crippen molar-refractivity contribution in [3.63, 3.8) is 0 Å². The molecule has 100 valence electrons. The first-order valence-electron chi connectivity index (χ1n) is 6.09. The maximum atomic E-state index is 9.78. The molecule has 0 bridgehead atoms. The Morgan fingerprint density at radius 1 is 1.25 bits per heavy atom. The molecule has 4 nitrogen and oxygen atoms in total. The Kier molecular flexibility index (Phi) is 3.28. The normalized spacial score (nSPS) is 11.5. The smallest absolute Gasteiger partial charge is 0.230 e. The summed E-state index contributed by atoms with van der Waals surface area (Å²) in [5.41, 5.74) is 2.57. The van der Waals surface area contributed by atoms with Crippen LogP contribution in [0.15, 0.2) is 51.9 Å². The fourth-order valence-corrected chi connectivity index (χ4v) is 2.38. The van der Waals surface area contributed by atoms with Crippen LogP contribution in [-0.4, -0.2) is 20.9 Å². The van der Waals surface area contributed by atoms with Gasteiger partial charge in [0.1, 0.15) is 5.75 Å². The summed E-state index contributed by atoms with van der Waals surface area (Å²) in [5.74, 6) is 0.793. The zero-order valence-corrected chi connectivity index (χ0v) is 12.4. The Balaban J connectivity index is 2.02. The van der Waals surface area contributed by atoms with E-state index < -0.39 is 0 Å². The minimum atomic E-state index is 0.190. The van der Waals surface area contributed by atoms with Crippen molar-refractivity contribution in [2.24, 2.45) is 12.0 Å². The lowest BCUT2D eigenvalue weighted by Crippen LogP contribution is -1.88. The van der Waals surface area contributed by atoms with E-state index in [2.05, 4.69) is 25.9 Å². The number of imidazole rings is 1. The fraction of sp³-hybridized carbons (Fsp3) is 0.0667. The quantitative estimate of drug-likeness (QED) is 0.727. The molecule has 0 aliphatic rings. The zero-order chi connectivity index (χ0) is 14.1. The molecular weight excluding hydrogens is 318 g/mol. The van der Waals surface area contributed by atoms with Gasteiger partial charge >= 0.3 is 0 Å². The Morgan fingerprint density at radius 3 is 2.85 bits per heavy atom. The second-order valence-corrected chi connectivity index (χ2v) is 5.34. The molecule has 1 N–H and O–H groups in total. The van der Waals surface area contributed by atoms with Crippen molar-refractivity contribution >= 4 is 39.1 Å². The third-order valence-electron chi connectivity index (χ3n) is 3.07. The number of hydrogen-bond donors (Lipinski definition) is 1. The van der Waals surface area contributed by atoms with Crippen molar-refractivity contribution in [3.05, 3.63) is 52.5 Å². The number of nitrogens with zero attached hydrogens (tertiary/aromatic N) is 3. The second kappa shape index (κ2) is 5.09. The van der Waals surface area contributed by atoms with Crippen molar-refractivity contribution in [2.45, 2.75) is 0 Å². The number of fused-ring (bicyclic) bond motifs is 1. The molecule has 3 aromatic rings. The Hall–Kier alpha value is -2.14. The van der Waals surface area contributed by atoms with Crippen molar-refractivity contribution in [3.8, 4) is 5.75 Å². The highest BCUT2D eigenvalue weighted by molar-refractivity contribution is 9.10. The highest BCUT2D eigenvalue weighted by Crippen LogP contribution is 2.23. The average molecular weight is 330 g/mol. The summed E-state index contributed by atoms with van der Waals surface area (Å²) in [6, 6.07) is 13.1. The van der Waals surface area contributed by atoms with Crippen LogP contribution in [0.2, 0.25) is 0 Å². The van der Waals surface area contributed by atoms with Gasteiger partial charge in [0.15, 0.2) is 0 Å². The summed E-state index contributed by atoms with van der Waals surface area (Å²) in [6.45, 7) is 0. The molecular formula is C15H12BrN3O. The van der Waals surface area contributed by atoms with E-state index in [-0.39, 0.29) is 5.75 Å². The van der Waals surface area contributed by atoms with Gasteiger partial charge in [0.2, 0.25) is 5.95 Å². The van der Waals surface area contributed by atoms with E-state index >= 15 is 0 Å². The van der Waals surface area contributed by atoms with E-state index in [0.717, 1.165) is 15.5 Å². The summed E-state index contributed by atoms with van der Waals surface area (Å²) in [4.78, 5) is 8.81. The largest absolute Gasteiger partial charge is 0.507 e. The summed E-state index contributed by atoms with van der Waals surface area (Å²) in [5, 5.41) is 9.78. The van der Waals surface area contributed by atoms with Crippen LogP contribution in [0.4, 0.5) is 5.95 Å². The van der Waals surface area contributed by atoms with E-state index in [1.54, 1.807) is 18.3 Å². The van der Waals surface area contributed by atoms with Crippen molar-refractivity contribution in [1.82, 2.24) is 9.55 Å². The predicted octanol–water partition coefficient (Wildman–Crippen LogP) is 3.79. The first kappa shape index (κ1) is 12.9. The topological polar surface area (TPSA) is 50.4 Å². The monoisotopic (exact) mass is 329 g/mol. The van der Waals surface area contributed by atoms with E-state index in [1.165, 1.54) is 0 Å². The number of benzene rings is 2. The molecule has 0 atom stereocenters. The Bertz CT molecular complexity index is 808. The average Bonchev–Trinajstić information content (AvgIpc) is 2.77.